The van der Waals surface area contributed by atoms with Crippen molar-refractivity contribution in [3.63, 3.8) is 0 Å². The molecule has 1 unspecified atom stereocenters. The van der Waals surface area contributed by atoms with Crippen LogP contribution in [-0.2, 0) is 0 Å². The lowest BCUT2D eigenvalue weighted by atomic mass is 9.91. The summed E-state index contributed by atoms with van der Waals surface area (Å²) in [7, 11) is 0. The van der Waals surface area contributed by atoms with Gasteiger partial charge in [0.05, 0.1) is 12.2 Å². The third-order valence-corrected chi connectivity index (χ3v) is 7.88. The van der Waals surface area contributed by atoms with Crippen molar-refractivity contribution < 1.29 is 0 Å². The predicted molar refractivity (Wildman–Crippen MR) is 136 cm³/mol. The van der Waals surface area contributed by atoms with Crippen molar-refractivity contribution in [1.82, 2.24) is 24.6 Å². The molecular weight excluding hydrogens is 469 g/mol. The van der Waals surface area contributed by atoms with Crippen molar-refractivity contribution in [2.24, 2.45) is 5.92 Å². The highest BCUT2D eigenvalue weighted by atomic mass is 35.5. The first-order valence-electron chi connectivity index (χ1n) is 12.1. The molecule has 0 amide bonds. The second-order valence-corrected chi connectivity index (χ2v) is 10.4. The van der Waals surface area contributed by atoms with Crippen LogP contribution in [0.5, 0.6) is 0 Å². The zero-order valence-corrected chi connectivity index (χ0v) is 21.1. The van der Waals surface area contributed by atoms with Gasteiger partial charge >= 0.3 is 0 Å². The van der Waals surface area contributed by atoms with Crippen molar-refractivity contribution in [3.8, 4) is 6.07 Å². The minimum Gasteiger partial charge on any atom is -0.355 e. The molecule has 5 rings (SSSR count). The molecule has 4 heterocycles. The van der Waals surface area contributed by atoms with Gasteiger partial charge in [0.2, 0.25) is 0 Å². The zero-order chi connectivity index (χ0) is 23.8. The van der Waals surface area contributed by atoms with Crippen LogP contribution in [0, 0.1) is 17.2 Å². The van der Waals surface area contributed by atoms with E-state index in [0.29, 0.717) is 33.2 Å². The molecule has 0 radical (unpaired) electrons. The quantitative estimate of drug-likeness (QED) is 0.485. The molecule has 3 aromatic rings. The highest BCUT2D eigenvalue weighted by molar-refractivity contribution is 6.35. The molecule has 0 bridgehead atoms. The topological polar surface area (TPSA) is 73.9 Å². The van der Waals surface area contributed by atoms with Gasteiger partial charge in [-0.1, -0.05) is 42.6 Å². The SMILES string of the molecule is C[C@H](c1ccc(Cl)cc1Cl)n1nc(C#N)c2ncc(N3CCC(N4CCCCC4)[C@@H](C)C3)nc21. The van der Waals surface area contributed by atoms with Gasteiger partial charge in [-0.15, -0.1) is 0 Å². The summed E-state index contributed by atoms with van der Waals surface area (Å²) in [6.45, 7) is 8.68. The number of piperidine rings is 2. The van der Waals surface area contributed by atoms with Crippen molar-refractivity contribution in [3.05, 3.63) is 45.7 Å². The van der Waals surface area contributed by atoms with E-state index in [9.17, 15) is 5.26 Å². The molecular formula is C25H29Cl2N7. The summed E-state index contributed by atoms with van der Waals surface area (Å²) < 4.78 is 1.75. The first-order valence-corrected chi connectivity index (χ1v) is 12.8. The van der Waals surface area contributed by atoms with Gasteiger partial charge in [-0.25, -0.2) is 14.6 Å². The van der Waals surface area contributed by atoms with Gasteiger partial charge in [0.1, 0.15) is 17.4 Å². The van der Waals surface area contributed by atoms with Crippen LogP contribution in [0.3, 0.4) is 0 Å². The molecule has 2 aromatic heterocycles. The number of likely N-dealkylation sites (tertiary alicyclic amines) is 1. The summed E-state index contributed by atoms with van der Waals surface area (Å²) in [5.74, 6) is 1.38. The van der Waals surface area contributed by atoms with Crippen molar-refractivity contribution in [1.29, 1.82) is 5.26 Å². The van der Waals surface area contributed by atoms with E-state index in [1.54, 1.807) is 23.0 Å². The predicted octanol–water partition coefficient (Wildman–Crippen LogP) is 5.31. The zero-order valence-electron chi connectivity index (χ0n) is 19.6. The maximum Gasteiger partial charge on any atom is 0.190 e. The van der Waals surface area contributed by atoms with E-state index in [-0.39, 0.29) is 11.7 Å². The van der Waals surface area contributed by atoms with Crippen LogP contribution in [0.15, 0.2) is 24.4 Å². The second kappa shape index (κ2) is 9.69. The Balaban J connectivity index is 1.44. The van der Waals surface area contributed by atoms with Gasteiger partial charge in [-0.3, -0.25) is 4.90 Å². The third-order valence-electron chi connectivity index (χ3n) is 7.32. The molecule has 2 saturated heterocycles. The Bertz CT molecular complexity index is 1230. The number of halogens is 2. The number of rotatable bonds is 4. The van der Waals surface area contributed by atoms with Crippen LogP contribution < -0.4 is 4.90 Å². The van der Waals surface area contributed by atoms with Crippen LogP contribution in [0.1, 0.15) is 56.8 Å². The van der Waals surface area contributed by atoms with Gasteiger partial charge in [0.15, 0.2) is 11.3 Å². The largest absolute Gasteiger partial charge is 0.355 e. The Morgan fingerprint density at radius 2 is 1.94 bits per heavy atom. The molecule has 7 nitrogen and oxygen atoms in total. The van der Waals surface area contributed by atoms with E-state index in [1.807, 2.05) is 13.0 Å². The molecule has 3 atom stereocenters. The highest BCUT2D eigenvalue weighted by Gasteiger charge is 2.32. The fraction of sp³-hybridized carbons (Fsp3) is 0.520. The molecule has 2 aliphatic rings. The summed E-state index contributed by atoms with van der Waals surface area (Å²) in [5, 5.41) is 15.3. The number of nitrogens with zero attached hydrogens (tertiary/aromatic N) is 7. The minimum atomic E-state index is -0.234. The Hall–Kier alpha value is -2.40. The number of hydrogen-bond donors (Lipinski definition) is 0. The number of hydrogen-bond acceptors (Lipinski definition) is 6. The summed E-state index contributed by atoms with van der Waals surface area (Å²) >= 11 is 12.6. The summed E-state index contributed by atoms with van der Waals surface area (Å²) in [4.78, 5) is 14.6. The molecule has 0 saturated carbocycles. The molecule has 0 spiro atoms. The van der Waals surface area contributed by atoms with E-state index in [4.69, 9.17) is 28.2 Å². The number of aromatic nitrogens is 4. The van der Waals surface area contributed by atoms with Crippen LogP contribution in [0.4, 0.5) is 5.82 Å². The first-order chi connectivity index (χ1) is 16.5. The van der Waals surface area contributed by atoms with Gasteiger partial charge in [0.25, 0.3) is 0 Å². The lowest BCUT2D eigenvalue weighted by Gasteiger charge is -2.44. The van der Waals surface area contributed by atoms with E-state index >= 15 is 0 Å². The smallest absolute Gasteiger partial charge is 0.190 e. The summed E-state index contributed by atoms with van der Waals surface area (Å²) in [5.41, 5.74) is 2.24. The maximum atomic E-state index is 9.65. The lowest BCUT2D eigenvalue weighted by Crippen LogP contribution is -2.51. The van der Waals surface area contributed by atoms with Gasteiger partial charge in [-0.2, -0.15) is 10.4 Å². The van der Waals surface area contributed by atoms with Crippen LogP contribution in [-0.4, -0.2) is 56.9 Å². The monoisotopic (exact) mass is 497 g/mol. The summed E-state index contributed by atoms with van der Waals surface area (Å²) in [6, 6.07) is 7.98. The average molecular weight is 498 g/mol. The maximum absolute atomic E-state index is 9.65. The Kier molecular flexibility index (Phi) is 6.65. The van der Waals surface area contributed by atoms with Gasteiger partial charge in [0, 0.05) is 29.2 Å². The molecule has 1 aromatic carbocycles. The fourth-order valence-corrected chi connectivity index (χ4v) is 6.07. The van der Waals surface area contributed by atoms with Crippen molar-refractivity contribution in [2.45, 2.75) is 51.6 Å². The third kappa shape index (κ3) is 4.35. The lowest BCUT2D eigenvalue weighted by molar-refractivity contribution is 0.106. The van der Waals surface area contributed by atoms with E-state index in [2.05, 4.69) is 32.9 Å². The van der Waals surface area contributed by atoms with Crippen LogP contribution >= 0.6 is 23.2 Å². The number of nitriles is 1. The molecule has 2 fully saturated rings. The molecule has 0 aliphatic carbocycles. The molecule has 178 valence electrons. The molecule has 0 N–H and O–H groups in total. The normalized spacial score (nSPS) is 22.6. The minimum absolute atomic E-state index is 0.234. The average Bonchev–Trinajstić information content (AvgIpc) is 3.22. The molecule has 34 heavy (non-hydrogen) atoms. The van der Waals surface area contributed by atoms with Gasteiger partial charge < -0.3 is 4.90 Å². The van der Waals surface area contributed by atoms with Crippen molar-refractivity contribution >= 4 is 40.2 Å². The Labute approximate surface area is 210 Å². The molecule has 9 heteroatoms. The molecule has 2 aliphatic heterocycles. The van der Waals surface area contributed by atoms with Crippen LogP contribution in [0.2, 0.25) is 10.0 Å². The second-order valence-electron chi connectivity index (χ2n) is 9.52. The Morgan fingerprint density at radius 1 is 1.15 bits per heavy atom. The fourth-order valence-electron chi connectivity index (χ4n) is 5.50. The van der Waals surface area contributed by atoms with E-state index in [0.717, 1.165) is 30.9 Å². The standard InChI is InChI=1S/C25H29Cl2N7/c1-16-15-33(11-8-22(16)32-9-4-3-5-10-32)23-14-29-24-21(13-28)31-34(25(24)30-23)17(2)19-7-6-18(26)12-20(19)27/h6-7,12,14,16-17,22H,3-5,8-11,15H2,1-2H3/t16-,17+,22?/m0/s1. The number of fused-ring (bicyclic) bond motifs is 1. The van der Waals surface area contributed by atoms with Crippen LogP contribution in [0.25, 0.3) is 11.2 Å². The van der Waals surface area contributed by atoms with Crippen molar-refractivity contribution in [2.75, 3.05) is 31.1 Å². The Morgan fingerprint density at radius 3 is 2.65 bits per heavy atom. The first kappa shape index (κ1) is 23.3. The van der Waals surface area contributed by atoms with E-state index in [1.165, 1.54) is 32.4 Å². The summed E-state index contributed by atoms with van der Waals surface area (Å²) in [6.07, 6.45) is 6.90. The number of anilines is 1. The number of benzene rings is 1. The van der Waals surface area contributed by atoms with Gasteiger partial charge in [-0.05, 0) is 62.9 Å². The van der Waals surface area contributed by atoms with E-state index < -0.39 is 0 Å². The highest BCUT2D eigenvalue weighted by Crippen LogP contribution is 2.32.